The molecule has 0 radical (unpaired) electrons. The van der Waals surface area contributed by atoms with Gasteiger partial charge in [-0.05, 0) is 48.3 Å². The number of aryl methyl sites for hydroxylation is 1. The molecule has 0 bridgehead atoms. The molecule has 3 nitrogen and oxygen atoms in total. The van der Waals surface area contributed by atoms with E-state index in [0.717, 1.165) is 50.7 Å². The van der Waals surface area contributed by atoms with E-state index in [9.17, 15) is 0 Å². The highest BCUT2D eigenvalue weighted by Crippen LogP contribution is 2.18. The molecule has 1 aliphatic rings. The topological polar surface area (TPSA) is 18.5 Å². The Hall–Kier alpha value is -2.07. The SMILES string of the molecule is CCc1cccc(N2CCN(C(=S)NCCc3ccccc3)CC2)c1. The largest absolute Gasteiger partial charge is 0.368 e. The van der Waals surface area contributed by atoms with Crippen LogP contribution in [0.1, 0.15) is 18.1 Å². The molecule has 1 aliphatic heterocycles. The van der Waals surface area contributed by atoms with Gasteiger partial charge in [0.25, 0.3) is 0 Å². The van der Waals surface area contributed by atoms with Gasteiger partial charge < -0.3 is 15.1 Å². The zero-order valence-corrected chi connectivity index (χ0v) is 15.8. The molecule has 2 aromatic rings. The molecule has 1 N–H and O–H groups in total. The van der Waals surface area contributed by atoms with Gasteiger partial charge in [-0.15, -0.1) is 0 Å². The number of thiocarbonyl (C=S) groups is 1. The van der Waals surface area contributed by atoms with E-state index in [0.29, 0.717) is 0 Å². The van der Waals surface area contributed by atoms with E-state index in [2.05, 4.69) is 76.6 Å². The monoisotopic (exact) mass is 353 g/mol. The Balaban J connectivity index is 1.44. The van der Waals surface area contributed by atoms with Crippen LogP contribution in [0.3, 0.4) is 0 Å². The first kappa shape index (κ1) is 17.7. The lowest BCUT2D eigenvalue weighted by atomic mass is 10.1. The minimum absolute atomic E-state index is 0.887. The zero-order valence-electron chi connectivity index (χ0n) is 14.9. The van der Waals surface area contributed by atoms with Crippen LogP contribution < -0.4 is 10.2 Å². The molecule has 132 valence electrons. The van der Waals surface area contributed by atoms with Crippen molar-refractivity contribution in [2.45, 2.75) is 19.8 Å². The average molecular weight is 354 g/mol. The van der Waals surface area contributed by atoms with Crippen molar-refractivity contribution in [1.82, 2.24) is 10.2 Å². The van der Waals surface area contributed by atoms with Crippen LogP contribution in [-0.4, -0.2) is 42.7 Å². The summed E-state index contributed by atoms with van der Waals surface area (Å²) in [7, 11) is 0. The third kappa shape index (κ3) is 4.95. The van der Waals surface area contributed by atoms with E-state index in [1.165, 1.54) is 16.8 Å². The molecule has 0 atom stereocenters. The maximum atomic E-state index is 5.58. The lowest BCUT2D eigenvalue weighted by Crippen LogP contribution is -2.52. The van der Waals surface area contributed by atoms with Gasteiger partial charge >= 0.3 is 0 Å². The van der Waals surface area contributed by atoms with Gasteiger partial charge in [-0.1, -0.05) is 49.4 Å². The van der Waals surface area contributed by atoms with E-state index in [1.807, 2.05) is 0 Å². The van der Waals surface area contributed by atoms with E-state index in [-0.39, 0.29) is 0 Å². The number of benzene rings is 2. The number of nitrogens with one attached hydrogen (secondary N) is 1. The third-order valence-corrected chi connectivity index (χ3v) is 5.19. The van der Waals surface area contributed by atoms with Crippen molar-refractivity contribution in [2.75, 3.05) is 37.6 Å². The summed E-state index contributed by atoms with van der Waals surface area (Å²) in [6, 6.07) is 19.4. The molecule has 3 rings (SSSR count). The lowest BCUT2D eigenvalue weighted by molar-refractivity contribution is 0.380. The summed E-state index contributed by atoms with van der Waals surface area (Å²) in [5.41, 5.74) is 4.08. The summed E-state index contributed by atoms with van der Waals surface area (Å²) >= 11 is 5.58. The summed E-state index contributed by atoms with van der Waals surface area (Å²) in [4.78, 5) is 4.75. The van der Waals surface area contributed by atoms with E-state index in [4.69, 9.17) is 12.2 Å². The van der Waals surface area contributed by atoms with Crippen molar-refractivity contribution < 1.29 is 0 Å². The molecule has 2 aromatic carbocycles. The van der Waals surface area contributed by atoms with Crippen molar-refractivity contribution in [2.24, 2.45) is 0 Å². The first-order valence-corrected chi connectivity index (χ1v) is 9.57. The predicted molar refractivity (Wildman–Crippen MR) is 110 cm³/mol. The van der Waals surface area contributed by atoms with Crippen LogP contribution in [0.15, 0.2) is 54.6 Å². The van der Waals surface area contributed by atoms with Gasteiger partial charge in [0.1, 0.15) is 0 Å². The van der Waals surface area contributed by atoms with Crippen LogP contribution in [0, 0.1) is 0 Å². The molecule has 4 heteroatoms. The van der Waals surface area contributed by atoms with Crippen LogP contribution >= 0.6 is 12.2 Å². The summed E-state index contributed by atoms with van der Waals surface area (Å²) in [5.74, 6) is 0. The van der Waals surface area contributed by atoms with Crippen molar-refractivity contribution in [3.8, 4) is 0 Å². The summed E-state index contributed by atoms with van der Waals surface area (Å²) in [6.07, 6.45) is 2.09. The van der Waals surface area contributed by atoms with Crippen molar-refractivity contribution >= 4 is 23.0 Å². The maximum Gasteiger partial charge on any atom is 0.169 e. The fraction of sp³-hybridized carbons (Fsp3) is 0.381. The van der Waals surface area contributed by atoms with Gasteiger partial charge in [-0.2, -0.15) is 0 Å². The Labute approximate surface area is 156 Å². The van der Waals surface area contributed by atoms with Crippen LogP contribution in [-0.2, 0) is 12.8 Å². The van der Waals surface area contributed by atoms with Crippen LogP contribution in [0.25, 0.3) is 0 Å². The third-order valence-electron chi connectivity index (χ3n) is 4.78. The lowest BCUT2D eigenvalue weighted by Gasteiger charge is -2.37. The Kier molecular flexibility index (Phi) is 6.29. The molecular weight excluding hydrogens is 326 g/mol. The first-order chi connectivity index (χ1) is 12.3. The molecule has 0 spiro atoms. The van der Waals surface area contributed by atoms with Crippen LogP contribution in [0.4, 0.5) is 5.69 Å². The van der Waals surface area contributed by atoms with Crippen LogP contribution in [0.5, 0.6) is 0 Å². The molecule has 0 aliphatic carbocycles. The highest BCUT2D eigenvalue weighted by Gasteiger charge is 2.19. The Bertz CT molecular complexity index is 679. The van der Waals surface area contributed by atoms with Gasteiger partial charge in [0.15, 0.2) is 5.11 Å². The highest BCUT2D eigenvalue weighted by atomic mass is 32.1. The second-order valence-corrected chi connectivity index (χ2v) is 6.85. The van der Waals surface area contributed by atoms with Gasteiger partial charge in [-0.25, -0.2) is 0 Å². The summed E-state index contributed by atoms with van der Waals surface area (Å²) < 4.78 is 0. The van der Waals surface area contributed by atoms with Gasteiger partial charge in [0.2, 0.25) is 0 Å². The van der Waals surface area contributed by atoms with Crippen molar-refractivity contribution in [3.05, 3.63) is 65.7 Å². The smallest absolute Gasteiger partial charge is 0.169 e. The average Bonchev–Trinajstić information content (AvgIpc) is 2.69. The molecule has 0 saturated carbocycles. The maximum absolute atomic E-state index is 5.58. The van der Waals surface area contributed by atoms with Crippen molar-refractivity contribution in [3.63, 3.8) is 0 Å². The Morgan fingerprint density at radius 1 is 0.960 bits per heavy atom. The van der Waals surface area contributed by atoms with Gasteiger partial charge in [0, 0.05) is 38.4 Å². The molecular formula is C21H27N3S. The molecule has 1 saturated heterocycles. The Morgan fingerprint density at radius 3 is 2.40 bits per heavy atom. The van der Waals surface area contributed by atoms with Crippen LogP contribution in [0.2, 0.25) is 0 Å². The first-order valence-electron chi connectivity index (χ1n) is 9.17. The predicted octanol–water partition coefficient (Wildman–Crippen LogP) is 3.49. The molecule has 1 fully saturated rings. The second kappa shape index (κ2) is 8.86. The fourth-order valence-electron chi connectivity index (χ4n) is 3.21. The minimum Gasteiger partial charge on any atom is -0.368 e. The number of anilines is 1. The number of nitrogens with zero attached hydrogens (tertiary/aromatic N) is 2. The number of piperazine rings is 1. The summed E-state index contributed by atoms with van der Waals surface area (Å²) in [5, 5.41) is 4.30. The summed E-state index contributed by atoms with van der Waals surface area (Å²) in [6.45, 7) is 7.10. The molecule has 0 unspecified atom stereocenters. The normalized spacial score (nSPS) is 14.4. The highest BCUT2D eigenvalue weighted by molar-refractivity contribution is 7.80. The minimum atomic E-state index is 0.887. The molecule has 1 heterocycles. The van der Waals surface area contributed by atoms with Gasteiger partial charge in [-0.3, -0.25) is 0 Å². The number of hydrogen-bond donors (Lipinski definition) is 1. The molecule has 0 aromatic heterocycles. The number of rotatable bonds is 5. The van der Waals surface area contributed by atoms with E-state index >= 15 is 0 Å². The molecule has 25 heavy (non-hydrogen) atoms. The second-order valence-electron chi connectivity index (χ2n) is 6.47. The van der Waals surface area contributed by atoms with E-state index < -0.39 is 0 Å². The fourth-order valence-corrected chi connectivity index (χ4v) is 3.50. The van der Waals surface area contributed by atoms with Crippen molar-refractivity contribution in [1.29, 1.82) is 0 Å². The van der Waals surface area contributed by atoms with Gasteiger partial charge in [0.05, 0.1) is 0 Å². The quantitative estimate of drug-likeness (QED) is 0.829. The zero-order chi connectivity index (χ0) is 17.5. The standard InChI is InChI=1S/C21H27N3S/c1-2-18-9-6-10-20(17-18)23-13-15-24(16-14-23)21(25)22-12-11-19-7-4-3-5-8-19/h3-10,17H,2,11-16H2,1H3,(H,22,25). The number of hydrogen-bond acceptors (Lipinski definition) is 2. The van der Waals surface area contributed by atoms with E-state index in [1.54, 1.807) is 0 Å². The Morgan fingerprint density at radius 2 is 1.68 bits per heavy atom. The molecule has 0 amide bonds.